The van der Waals surface area contributed by atoms with E-state index in [1.54, 1.807) is 6.08 Å². The van der Waals surface area contributed by atoms with Crippen molar-refractivity contribution in [2.45, 2.75) is 25.2 Å². The van der Waals surface area contributed by atoms with Crippen LogP contribution in [0.5, 0.6) is 11.5 Å². The van der Waals surface area contributed by atoms with Crippen molar-refractivity contribution in [2.24, 2.45) is 0 Å². The van der Waals surface area contributed by atoms with Crippen molar-refractivity contribution >= 4 is 5.78 Å². The minimum absolute atomic E-state index is 0.00341. The summed E-state index contributed by atoms with van der Waals surface area (Å²) in [6.07, 6.45) is 2.96. The van der Waals surface area contributed by atoms with E-state index in [1.807, 2.05) is 18.2 Å². The third-order valence-corrected chi connectivity index (χ3v) is 3.77. The van der Waals surface area contributed by atoms with E-state index < -0.39 is 0 Å². The van der Waals surface area contributed by atoms with Crippen LogP contribution in [-0.4, -0.2) is 17.7 Å². The topological polar surface area (TPSA) is 55.8 Å². The molecule has 0 radical (unpaired) electrons. The lowest BCUT2D eigenvalue weighted by Gasteiger charge is -2.23. The quantitative estimate of drug-likeness (QED) is 0.858. The molecule has 1 aromatic rings. The lowest BCUT2D eigenvalue weighted by atomic mass is 9.82. The molecule has 1 atom stereocenters. The fourth-order valence-corrected chi connectivity index (χ4v) is 2.72. The molecular formula is C16H16O4. The van der Waals surface area contributed by atoms with Crippen molar-refractivity contribution < 1.29 is 19.4 Å². The first-order chi connectivity index (χ1) is 9.69. The SMILES string of the molecule is C=CCC1=C(O)CC(c2ccc3c(c2)OCO3)CC1=O. The second kappa shape index (κ2) is 5.04. The summed E-state index contributed by atoms with van der Waals surface area (Å²) in [5.74, 6) is 1.60. The van der Waals surface area contributed by atoms with E-state index >= 15 is 0 Å². The van der Waals surface area contributed by atoms with Gasteiger partial charge in [0.15, 0.2) is 17.3 Å². The number of ether oxygens (including phenoxy) is 2. The molecule has 1 N–H and O–H groups in total. The molecule has 1 unspecified atom stereocenters. The predicted octanol–water partition coefficient (Wildman–Crippen LogP) is 3.25. The van der Waals surface area contributed by atoms with E-state index in [1.165, 1.54) is 0 Å². The molecule has 1 aliphatic carbocycles. The van der Waals surface area contributed by atoms with Gasteiger partial charge >= 0.3 is 0 Å². The second-order valence-electron chi connectivity index (χ2n) is 5.06. The van der Waals surface area contributed by atoms with Crippen molar-refractivity contribution in [3.63, 3.8) is 0 Å². The van der Waals surface area contributed by atoms with Crippen LogP contribution in [0.3, 0.4) is 0 Å². The van der Waals surface area contributed by atoms with Crippen LogP contribution in [0.15, 0.2) is 42.2 Å². The lowest BCUT2D eigenvalue weighted by molar-refractivity contribution is -0.116. The maximum Gasteiger partial charge on any atom is 0.231 e. The molecule has 0 saturated carbocycles. The first-order valence-electron chi connectivity index (χ1n) is 6.63. The molecule has 4 heteroatoms. The van der Waals surface area contributed by atoms with E-state index in [2.05, 4.69) is 6.58 Å². The maximum atomic E-state index is 12.1. The summed E-state index contributed by atoms with van der Waals surface area (Å²) in [5, 5.41) is 10.1. The van der Waals surface area contributed by atoms with Crippen LogP contribution in [-0.2, 0) is 4.79 Å². The van der Waals surface area contributed by atoms with Crippen LogP contribution in [0.1, 0.15) is 30.7 Å². The molecule has 3 rings (SSSR count). The van der Waals surface area contributed by atoms with Gasteiger partial charge in [-0.15, -0.1) is 6.58 Å². The van der Waals surface area contributed by atoms with E-state index in [0.717, 1.165) is 11.3 Å². The molecule has 104 valence electrons. The Morgan fingerprint density at radius 3 is 2.85 bits per heavy atom. The zero-order chi connectivity index (χ0) is 14.1. The molecule has 1 aliphatic heterocycles. The lowest BCUT2D eigenvalue weighted by Crippen LogP contribution is -2.18. The molecule has 0 spiro atoms. The maximum absolute atomic E-state index is 12.1. The van der Waals surface area contributed by atoms with Crippen LogP contribution in [0.4, 0.5) is 0 Å². The van der Waals surface area contributed by atoms with E-state index in [9.17, 15) is 9.90 Å². The predicted molar refractivity (Wildman–Crippen MR) is 74.0 cm³/mol. The van der Waals surface area contributed by atoms with Gasteiger partial charge in [0.2, 0.25) is 6.79 Å². The molecule has 0 saturated heterocycles. The van der Waals surface area contributed by atoms with Gasteiger partial charge in [-0.2, -0.15) is 0 Å². The summed E-state index contributed by atoms with van der Waals surface area (Å²) in [6, 6.07) is 5.67. The molecule has 0 aromatic heterocycles. The summed E-state index contributed by atoms with van der Waals surface area (Å²) in [6.45, 7) is 3.85. The van der Waals surface area contributed by atoms with Gasteiger partial charge < -0.3 is 14.6 Å². The van der Waals surface area contributed by atoms with Crippen LogP contribution in [0.25, 0.3) is 0 Å². The average molecular weight is 272 g/mol. The van der Waals surface area contributed by atoms with E-state index in [4.69, 9.17) is 9.47 Å². The van der Waals surface area contributed by atoms with Crippen molar-refractivity contribution in [3.05, 3.63) is 47.7 Å². The third kappa shape index (κ3) is 2.18. The largest absolute Gasteiger partial charge is 0.512 e. The first kappa shape index (κ1) is 12.8. The van der Waals surface area contributed by atoms with Crippen LogP contribution >= 0.6 is 0 Å². The number of benzene rings is 1. The van der Waals surface area contributed by atoms with Crippen molar-refractivity contribution in [1.82, 2.24) is 0 Å². The number of aliphatic hydroxyl groups excluding tert-OH is 1. The smallest absolute Gasteiger partial charge is 0.231 e. The van der Waals surface area contributed by atoms with Gasteiger partial charge in [-0.3, -0.25) is 4.79 Å². The highest BCUT2D eigenvalue weighted by molar-refractivity contribution is 5.97. The van der Waals surface area contributed by atoms with Gasteiger partial charge in [-0.05, 0) is 30.0 Å². The minimum atomic E-state index is -0.00874. The summed E-state index contributed by atoms with van der Waals surface area (Å²) in [7, 11) is 0. The Bertz CT molecular complexity index is 600. The molecule has 1 heterocycles. The van der Waals surface area contributed by atoms with Gasteiger partial charge in [-0.25, -0.2) is 0 Å². The first-order valence-corrected chi connectivity index (χ1v) is 6.63. The summed E-state index contributed by atoms with van der Waals surface area (Å²) < 4.78 is 10.6. The van der Waals surface area contributed by atoms with E-state index in [0.29, 0.717) is 30.6 Å². The Morgan fingerprint density at radius 2 is 2.10 bits per heavy atom. The number of fused-ring (bicyclic) bond motifs is 1. The van der Waals surface area contributed by atoms with Gasteiger partial charge in [0, 0.05) is 18.4 Å². The van der Waals surface area contributed by atoms with Gasteiger partial charge in [0.05, 0.1) is 5.76 Å². The molecule has 4 nitrogen and oxygen atoms in total. The van der Waals surface area contributed by atoms with Crippen LogP contribution in [0.2, 0.25) is 0 Å². The third-order valence-electron chi connectivity index (χ3n) is 3.77. The Balaban J connectivity index is 1.86. The molecule has 2 aliphatic rings. The highest BCUT2D eigenvalue weighted by atomic mass is 16.7. The Hall–Kier alpha value is -2.23. The number of aliphatic hydroxyl groups is 1. The molecule has 0 bridgehead atoms. The fourth-order valence-electron chi connectivity index (χ4n) is 2.72. The van der Waals surface area contributed by atoms with Crippen LogP contribution < -0.4 is 9.47 Å². The number of carbonyl (C=O) groups is 1. The summed E-state index contributed by atoms with van der Waals surface area (Å²) >= 11 is 0. The summed E-state index contributed by atoms with van der Waals surface area (Å²) in [5.41, 5.74) is 1.49. The van der Waals surface area contributed by atoms with Crippen molar-refractivity contribution in [1.29, 1.82) is 0 Å². The number of hydrogen-bond acceptors (Lipinski definition) is 4. The Labute approximate surface area is 117 Å². The second-order valence-corrected chi connectivity index (χ2v) is 5.06. The molecular weight excluding hydrogens is 256 g/mol. The Morgan fingerprint density at radius 1 is 1.30 bits per heavy atom. The minimum Gasteiger partial charge on any atom is -0.512 e. The zero-order valence-electron chi connectivity index (χ0n) is 11.1. The molecule has 0 amide bonds. The number of rotatable bonds is 3. The average Bonchev–Trinajstić information content (AvgIpc) is 2.90. The van der Waals surface area contributed by atoms with Crippen molar-refractivity contribution in [2.75, 3.05) is 6.79 Å². The highest BCUT2D eigenvalue weighted by Crippen LogP contribution is 2.39. The van der Waals surface area contributed by atoms with Gasteiger partial charge in [0.25, 0.3) is 0 Å². The van der Waals surface area contributed by atoms with Crippen molar-refractivity contribution in [3.8, 4) is 11.5 Å². The Kier molecular flexibility index (Phi) is 3.22. The number of Topliss-reactive ketones (excluding diaryl/α,β-unsaturated/α-hetero) is 1. The standard InChI is InChI=1S/C16H16O4/c1-2-3-12-13(17)6-11(7-14(12)18)10-4-5-15-16(8-10)20-9-19-15/h2,4-5,8,11,17H,1,3,6-7,9H2. The fraction of sp³-hybridized carbons (Fsp3) is 0.312. The van der Waals surface area contributed by atoms with Gasteiger partial charge in [-0.1, -0.05) is 12.1 Å². The normalized spacial score (nSPS) is 21.2. The number of carbonyl (C=O) groups excluding carboxylic acids is 1. The zero-order valence-corrected chi connectivity index (χ0v) is 11.1. The van der Waals surface area contributed by atoms with E-state index in [-0.39, 0.29) is 24.3 Å². The molecule has 20 heavy (non-hydrogen) atoms. The summed E-state index contributed by atoms with van der Waals surface area (Å²) in [4.78, 5) is 12.1. The number of allylic oxidation sites excluding steroid dienone is 3. The molecule has 0 fully saturated rings. The monoisotopic (exact) mass is 272 g/mol. The van der Waals surface area contributed by atoms with Gasteiger partial charge in [0.1, 0.15) is 0 Å². The highest BCUT2D eigenvalue weighted by Gasteiger charge is 2.28. The molecule has 1 aromatic carbocycles. The van der Waals surface area contributed by atoms with Crippen LogP contribution in [0, 0.1) is 0 Å². The number of hydrogen-bond donors (Lipinski definition) is 1. The number of ketones is 1.